The quantitative estimate of drug-likeness (QED) is 0.513. The lowest BCUT2D eigenvalue weighted by Gasteiger charge is -2.37. The Kier molecular flexibility index (Phi) is 7.01. The Bertz CT molecular complexity index is 1300. The van der Waals surface area contributed by atoms with E-state index in [1.54, 1.807) is 6.92 Å². The number of esters is 1. The van der Waals surface area contributed by atoms with Crippen LogP contribution in [0.5, 0.6) is 0 Å². The summed E-state index contributed by atoms with van der Waals surface area (Å²) in [7, 11) is 0. The summed E-state index contributed by atoms with van der Waals surface area (Å²) in [6.07, 6.45) is 3.26. The van der Waals surface area contributed by atoms with E-state index in [2.05, 4.69) is 23.5 Å². The van der Waals surface area contributed by atoms with Gasteiger partial charge in [0.2, 0.25) is 5.91 Å². The largest absolute Gasteiger partial charge is 0.463 e. The predicted molar refractivity (Wildman–Crippen MR) is 143 cm³/mol. The minimum atomic E-state index is -0.401. The van der Waals surface area contributed by atoms with Crippen LogP contribution in [-0.2, 0) is 20.7 Å². The van der Waals surface area contributed by atoms with E-state index in [0.29, 0.717) is 11.3 Å². The highest BCUT2D eigenvalue weighted by Gasteiger charge is 2.41. The molecule has 3 aliphatic rings. The molecule has 0 saturated carbocycles. The summed E-state index contributed by atoms with van der Waals surface area (Å²) in [6.45, 7) is 5.99. The van der Waals surface area contributed by atoms with Crippen LogP contribution in [0.3, 0.4) is 0 Å². The minimum absolute atomic E-state index is 0.0241. The molecule has 7 heteroatoms. The van der Waals surface area contributed by atoms with Gasteiger partial charge in [0.15, 0.2) is 5.17 Å². The number of carbonyl (C=O) groups is 2. The molecule has 1 amide bonds. The molecule has 186 valence electrons. The van der Waals surface area contributed by atoms with Crippen molar-refractivity contribution >= 4 is 28.8 Å². The number of carbonyl (C=O) groups excluding carboxylic acids is 2. The normalized spacial score (nSPS) is 20.8. The number of aliphatic imine (C=N–C) groups is 1. The molecule has 5 rings (SSSR count). The Labute approximate surface area is 216 Å². The molecule has 1 aliphatic carbocycles. The Morgan fingerprint density at radius 1 is 1.11 bits per heavy atom. The first-order valence-corrected chi connectivity index (χ1v) is 13.4. The highest BCUT2D eigenvalue weighted by Crippen LogP contribution is 2.45. The second kappa shape index (κ2) is 10.3. The zero-order valence-corrected chi connectivity index (χ0v) is 21.7. The Balaban J connectivity index is 1.43. The zero-order valence-electron chi connectivity index (χ0n) is 20.9. The van der Waals surface area contributed by atoms with E-state index in [-0.39, 0.29) is 30.9 Å². The number of aryl methyl sites for hydroxylation is 2. The van der Waals surface area contributed by atoms with Gasteiger partial charge in [-0.15, -0.1) is 0 Å². The molecule has 2 heterocycles. The fourth-order valence-electron chi connectivity index (χ4n) is 5.34. The number of benzene rings is 2. The Hall–Kier alpha value is -3.32. The molecular weight excluding hydrogens is 470 g/mol. The van der Waals surface area contributed by atoms with Crippen LogP contribution >= 0.6 is 11.8 Å². The molecule has 36 heavy (non-hydrogen) atoms. The number of hydrogen-bond donors (Lipinski definition) is 1. The van der Waals surface area contributed by atoms with Crippen LogP contribution in [0.1, 0.15) is 67.4 Å². The maximum atomic E-state index is 13.3. The highest BCUT2D eigenvalue weighted by molar-refractivity contribution is 8.16. The molecule has 0 spiro atoms. The summed E-state index contributed by atoms with van der Waals surface area (Å²) in [5.74, 6) is -0.400. The molecule has 0 fully saturated rings. The van der Waals surface area contributed by atoms with Crippen LogP contribution in [0.4, 0.5) is 0 Å². The highest BCUT2D eigenvalue weighted by atomic mass is 32.2. The fraction of sp³-hybridized carbons (Fsp3) is 0.345. The summed E-state index contributed by atoms with van der Waals surface area (Å²) in [5.41, 5.74) is 6.61. The lowest BCUT2D eigenvalue weighted by atomic mass is 9.87. The number of rotatable bonds is 6. The van der Waals surface area contributed by atoms with Gasteiger partial charge in [0.25, 0.3) is 0 Å². The van der Waals surface area contributed by atoms with Gasteiger partial charge in [-0.05, 0) is 67.7 Å². The van der Waals surface area contributed by atoms with Crippen molar-refractivity contribution in [1.82, 2.24) is 10.2 Å². The van der Waals surface area contributed by atoms with Crippen LogP contribution in [0.2, 0.25) is 0 Å². The van der Waals surface area contributed by atoms with Gasteiger partial charge in [-0.25, -0.2) is 9.79 Å². The summed E-state index contributed by atoms with van der Waals surface area (Å²) < 4.78 is 5.44. The number of amidine groups is 1. The third-order valence-corrected chi connectivity index (χ3v) is 7.91. The van der Waals surface area contributed by atoms with Crippen LogP contribution in [-0.4, -0.2) is 28.6 Å². The third kappa shape index (κ3) is 4.60. The maximum Gasteiger partial charge on any atom is 0.338 e. The average Bonchev–Trinajstić information content (AvgIpc) is 3.25. The SMILES string of the molecule is CCOC(=O)C1=C(C)N=C2SC=C(CC(=O)NC3CCCc4ccccc43)N2C1c1ccccc1C. The number of allylic oxidation sites excluding steroid dienone is 1. The van der Waals surface area contributed by atoms with Crippen LogP contribution in [0.15, 0.2) is 75.9 Å². The standard InChI is InChI=1S/C29H31N3O3S/c1-4-35-28(34)26-19(3)30-29-32(27(26)22-13-7-5-10-18(22)2)21(17-36-29)16-25(33)31-24-15-9-12-20-11-6-8-14-23(20)24/h5-8,10-11,13-14,17,24,27H,4,9,12,15-16H2,1-3H3,(H,31,33). The predicted octanol–water partition coefficient (Wildman–Crippen LogP) is 5.72. The van der Waals surface area contributed by atoms with Gasteiger partial charge in [0.05, 0.1) is 36.4 Å². The van der Waals surface area contributed by atoms with Crippen molar-refractivity contribution in [2.75, 3.05) is 6.61 Å². The number of nitrogens with zero attached hydrogens (tertiary/aromatic N) is 2. The Morgan fingerprint density at radius 3 is 2.64 bits per heavy atom. The molecular formula is C29H31N3O3S. The number of thioether (sulfide) groups is 1. The molecule has 0 aromatic heterocycles. The molecule has 2 aliphatic heterocycles. The number of hydrogen-bond acceptors (Lipinski definition) is 6. The summed E-state index contributed by atoms with van der Waals surface area (Å²) in [6, 6.07) is 16.0. The first-order chi connectivity index (χ1) is 17.5. The van der Waals surface area contributed by atoms with E-state index < -0.39 is 6.04 Å². The van der Waals surface area contributed by atoms with Gasteiger partial charge in [-0.1, -0.05) is 60.3 Å². The van der Waals surface area contributed by atoms with Crippen molar-refractivity contribution < 1.29 is 14.3 Å². The van der Waals surface area contributed by atoms with Crippen LogP contribution in [0, 0.1) is 6.92 Å². The number of ether oxygens (including phenoxy) is 1. The van der Waals surface area contributed by atoms with Gasteiger partial charge in [-0.3, -0.25) is 4.79 Å². The molecule has 2 aromatic carbocycles. The van der Waals surface area contributed by atoms with Crippen molar-refractivity contribution in [3.8, 4) is 0 Å². The molecule has 2 aromatic rings. The van der Waals surface area contributed by atoms with Crippen LogP contribution < -0.4 is 5.32 Å². The van der Waals surface area contributed by atoms with E-state index in [0.717, 1.165) is 41.3 Å². The lowest BCUT2D eigenvalue weighted by Crippen LogP contribution is -2.39. The fourth-order valence-corrected chi connectivity index (χ4v) is 6.31. The molecule has 0 bridgehead atoms. The van der Waals surface area contributed by atoms with Gasteiger partial charge < -0.3 is 15.0 Å². The van der Waals surface area contributed by atoms with E-state index >= 15 is 0 Å². The number of amides is 1. The summed E-state index contributed by atoms with van der Waals surface area (Å²) >= 11 is 1.49. The van der Waals surface area contributed by atoms with Crippen molar-refractivity contribution in [2.24, 2.45) is 4.99 Å². The molecule has 2 unspecified atom stereocenters. The van der Waals surface area contributed by atoms with E-state index in [1.165, 1.54) is 22.9 Å². The van der Waals surface area contributed by atoms with E-state index in [9.17, 15) is 9.59 Å². The maximum absolute atomic E-state index is 13.3. The van der Waals surface area contributed by atoms with Gasteiger partial charge in [0, 0.05) is 5.70 Å². The second-order valence-electron chi connectivity index (χ2n) is 9.36. The molecule has 1 N–H and O–H groups in total. The topological polar surface area (TPSA) is 71.0 Å². The monoisotopic (exact) mass is 501 g/mol. The van der Waals surface area contributed by atoms with E-state index in [4.69, 9.17) is 9.73 Å². The molecule has 0 saturated heterocycles. The average molecular weight is 502 g/mol. The first kappa shape index (κ1) is 24.4. The van der Waals surface area contributed by atoms with Crippen molar-refractivity contribution in [3.63, 3.8) is 0 Å². The molecule has 2 atom stereocenters. The van der Waals surface area contributed by atoms with Gasteiger partial charge in [0.1, 0.15) is 0 Å². The third-order valence-electron chi connectivity index (χ3n) is 7.03. The smallest absolute Gasteiger partial charge is 0.338 e. The van der Waals surface area contributed by atoms with Gasteiger partial charge in [-0.2, -0.15) is 0 Å². The number of nitrogens with one attached hydrogen (secondary N) is 1. The lowest BCUT2D eigenvalue weighted by molar-refractivity contribution is -0.139. The second-order valence-corrected chi connectivity index (χ2v) is 10.2. The van der Waals surface area contributed by atoms with Crippen molar-refractivity contribution in [1.29, 1.82) is 0 Å². The first-order valence-electron chi connectivity index (χ1n) is 12.5. The molecule has 0 radical (unpaired) electrons. The number of fused-ring (bicyclic) bond motifs is 2. The summed E-state index contributed by atoms with van der Waals surface area (Å²) in [4.78, 5) is 33.2. The van der Waals surface area contributed by atoms with E-state index in [1.807, 2.05) is 54.5 Å². The molecule has 6 nitrogen and oxygen atoms in total. The van der Waals surface area contributed by atoms with Gasteiger partial charge >= 0.3 is 5.97 Å². The van der Waals surface area contributed by atoms with Crippen molar-refractivity contribution in [2.45, 2.75) is 58.5 Å². The summed E-state index contributed by atoms with van der Waals surface area (Å²) in [5, 5.41) is 6.03. The van der Waals surface area contributed by atoms with Crippen LogP contribution in [0.25, 0.3) is 0 Å². The minimum Gasteiger partial charge on any atom is -0.463 e. The van der Waals surface area contributed by atoms with Crippen molar-refractivity contribution in [3.05, 3.63) is 93.2 Å². The zero-order chi connectivity index (χ0) is 25.2. The Morgan fingerprint density at radius 2 is 1.86 bits per heavy atom.